The van der Waals surface area contributed by atoms with E-state index in [2.05, 4.69) is 0 Å². The highest BCUT2D eigenvalue weighted by molar-refractivity contribution is 7.91. The minimum absolute atomic E-state index is 0.0365. The number of rotatable bonds is 9. The lowest BCUT2D eigenvalue weighted by atomic mass is 9.83. The van der Waals surface area contributed by atoms with E-state index in [4.69, 9.17) is 4.74 Å². The van der Waals surface area contributed by atoms with Gasteiger partial charge in [-0.2, -0.15) is 0 Å². The highest BCUT2D eigenvalue weighted by Crippen LogP contribution is 2.36. The van der Waals surface area contributed by atoms with Crippen molar-refractivity contribution < 1.29 is 31.2 Å². The van der Waals surface area contributed by atoms with Gasteiger partial charge in [-0.25, -0.2) is 22.0 Å². The number of anilines is 1. The number of amides is 1. The zero-order valence-corrected chi connectivity index (χ0v) is 22.5. The van der Waals surface area contributed by atoms with Crippen LogP contribution in [0.3, 0.4) is 0 Å². The van der Waals surface area contributed by atoms with Crippen molar-refractivity contribution in [3.05, 3.63) is 96.1 Å². The van der Waals surface area contributed by atoms with Gasteiger partial charge >= 0.3 is 6.09 Å². The zero-order valence-electron chi connectivity index (χ0n) is 21.7. The van der Waals surface area contributed by atoms with Crippen molar-refractivity contribution in [1.82, 2.24) is 0 Å². The van der Waals surface area contributed by atoms with E-state index >= 15 is 0 Å². The number of piperidine rings is 3. The van der Waals surface area contributed by atoms with Crippen molar-refractivity contribution in [3.63, 3.8) is 0 Å². The molecule has 3 saturated heterocycles. The van der Waals surface area contributed by atoms with E-state index in [1.807, 2.05) is 0 Å². The first-order valence-electron chi connectivity index (χ1n) is 13.3. The van der Waals surface area contributed by atoms with Gasteiger partial charge < -0.3 is 9.22 Å². The summed E-state index contributed by atoms with van der Waals surface area (Å²) in [5, 5.41) is 0. The van der Waals surface area contributed by atoms with Crippen LogP contribution in [0.25, 0.3) is 0 Å². The molecule has 0 saturated carbocycles. The lowest BCUT2D eigenvalue weighted by molar-refractivity contribution is -0.946. The van der Waals surface area contributed by atoms with E-state index < -0.39 is 27.6 Å². The number of benzene rings is 3. The number of hydrogen-bond acceptors (Lipinski definition) is 4. The van der Waals surface area contributed by atoms with Crippen LogP contribution in [0.5, 0.6) is 0 Å². The molecular weight excluding hydrogens is 522 g/mol. The molecule has 0 N–H and O–H groups in total. The topological polar surface area (TPSA) is 63.7 Å². The molecule has 0 unspecified atom stereocenters. The number of halogens is 2. The van der Waals surface area contributed by atoms with Crippen LogP contribution in [0, 0.1) is 17.6 Å². The van der Waals surface area contributed by atoms with Crippen LogP contribution in [0.4, 0.5) is 19.3 Å². The zero-order chi connectivity index (χ0) is 27.5. The van der Waals surface area contributed by atoms with E-state index in [0.717, 1.165) is 30.4 Å². The number of ether oxygens (including phenoxy) is 1. The van der Waals surface area contributed by atoms with E-state index in [-0.39, 0.29) is 30.0 Å². The predicted octanol–water partition coefficient (Wildman–Crippen LogP) is 5.58. The minimum Gasteiger partial charge on any atom is -0.440 e. The molecule has 6 nitrogen and oxygen atoms in total. The summed E-state index contributed by atoms with van der Waals surface area (Å²) in [4.78, 5) is 15.1. The lowest BCUT2D eigenvalue weighted by Crippen LogP contribution is -2.65. The lowest BCUT2D eigenvalue weighted by Gasteiger charge is -2.52. The highest BCUT2D eigenvalue weighted by Gasteiger charge is 2.48. The Balaban J connectivity index is 1.27. The maximum Gasteiger partial charge on any atom is 0.415 e. The van der Waals surface area contributed by atoms with E-state index in [1.54, 1.807) is 54.6 Å². The van der Waals surface area contributed by atoms with Gasteiger partial charge in [-0.1, -0.05) is 42.5 Å². The van der Waals surface area contributed by atoms with Crippen molar-refractivity contribution in [2.45, 2.75) is 36.8 Å². The molecule has 3 aromatic rings. The first-order valence-corrected chi connectivity index (χ1v) is 15.0. The summed E-state index contributed by atoms with van der Waals surface area (Å²) in [6, 6.07) is 20.3. The fourth-order valence-corrected chi connectivity index (χ4v) is 7.21. The molecular formula is C30H33F2N2O4S+. The summed E-state index contributed by atoms with van der Waals surface area (Å²) in [6.07, 6.45) is 1.32. The minimum atomic E-state index is -3.36. The second-order valence-corrected chi connectivity index (χ2v) is 12.7. The van der Waals surface area contributed by atoms with E-state index in [1.165, 1.54) is 29.2 Å². The van der Waals surface area contributed by atoms with Gasteiger partial charge in [0.2, 0.25) is 0 Å². The molecule has 3 heterocycles. The molecule has 0 radical (unpaired) electrons. The average molecular weight is 556 g/mol. The van der Waals surface area contributed by atoms with Crippen molar-refractivity contribution in [2.24, 2.45) is 5.92 Å². The number of para-hydroxylation sites is 1. The van der Waals surface area contributed by atoms with E-state index in [0.29, 0.717) is 30.0 Å². The number of carbonyl (C=O) groups excluding carboxylic acids is 1. The summed E-state index contributed by atoms with van der Waals surface area (Å²) >= 11 is 0. The molecule has 0 aromatic heterocycles. The molecule has 3 aromatic carbocycles. The fraction of sp³-hybridized carbons (Fsp3) is 0.367. The highest BCUT2D eigenvalue weighted by atomic mass is 32.2. The largest absolute Gasteiger partial charge is 0.440 e. The smallest absolute Gasteiger partial charge is 0.415 e. The van der Waals surface area contributed by atoms with Crippen LogP contribution < -0.4 is 4.90 Å². The van der Waals surface area contributed by atoms with Gasteiger partial charge in [-0.15, -0.1) is 0 Å². The van der Waals surface area contributed by atoms with Gasteiger partial charge in [-0.05, 0) is 42.0 Å². The number of carbonyl (C=O) groups is 1. The normalized spacial score (nSPS) is 22.4. The first-order chi connectivity index (χ1) is 18.7. The summed E-state index contributed by atoms with van der Waals surface area (Å²) in [6.45, 7) is 3.20. The van der Waals surface area contributed by atoms with Crippen LogP contribution in [-0.2, 0) is 21.1 Å². The Hall–Kier alpha value is -3.30. The SMILES string of the molecule is O=C(O[C@H]1C[N+]2(CCCS(=O)(=O)c3ccccc3)CCC1CC2)N(Cc1ccc(F)cc1)c1ccccc1F. The van der Waals surface area contributed by atoms with Crippen LogP contribution in [0.1, 0.15) is 24.8 Å². The van der Waals surface area contributed by atoms with Crippen LogP contribution >= 0.6 is 0 Å². The molecule has 6 rings (SSSR count). The standard InChI is InChI=1S/C30H33F2N2O4S/c31-25-13-11-23(12-14-25)21-33(28-10-5-4-9-27(28)32)30(35)38-29-22-34(18-15-24(29)16-19-34)17-6-20-39(36,37)26-7-2-1-3-8-26/h1-5,7-14,24,29H,6,15-22H2/q+1/t24?,29-,34?/m0/s1. The van der Waals surface area contributed by atoms with Crippen LogP contribution in [0.15, 0.2) is 83.8 Å². The Morgan fingerprint density at radius 1 is 0.923 bits per heavy atom. The third kappa shape index (κ3) is 6.31. The summed E-state index contributed by atoms with van der Waals surface area (Å²) in [7, 11) is -3.36. The Morgan fingerprint density at radius 2 is 1.59 bits per heavy atom. The Labute approximate surface area is 228 Å². The van der Waals surface area contributed by atoms with Crippen LogP contribution in [-0.4, -0.2) is 57.0 Å². The summed E-state index contributed by atoms with van der Waals surface area (Å²) in [5.41, 5.74) is 0.747. The molecule has 3 aliphatic rings. The Morgan fingerprint density at radius 3 is 2.28 bits per heavy atom. The molecule has 3 fully saturated rings. The van der Waals surface area contributed by atoms with Crippen molar-refractivity contribution in [3.8, 4) is 0 Å². The molecule has 0 aliphatic carbocycles. The number of hydrogen-bond donors (Lipinski definition) is 0. The van der Waals surface area contributed by atoms with Gasteiger partial charge in [0.15, 0.2) is 15.9 Å². The summed E-state index contributed by atoms with van der Waals surface area (Å²) in [5.74, 6) is -0.649. The second-order valence-electron chi connectivity index (χ2n) is 10.6. The maximum absolute atomic E-state index is 14.8. The predicted molar refractivity (Wildman–Crippen MR) is 145 cm³/mol. The average Bonchev–Trinajstić information content (AvgIpc) is 2.94. The van der Waals surface area contributed by atoms with Gasteiger partial charge in [0.05, 0.1) is 42.5 Å². The van der Waals surface area contributed by atoms with Gasteiger partial charge in [0, 0.05) is 25.2 Å². The molecule has 1 amide bonds. The maximum atomic E-state index is 14.8. The fourth-order valence-electron chi connectivity index (χ4n) is 5.89. The van der Waals surface area contributed by atoms with Crippen molar-refractivity contribution >= 4 is 21.6 Å². The summed E-state index contributed by atoms with van der Waals surface area (Å²) < 4.78 is 60.5. The number of sulfone groups is 1. The third-order valence-electron chi connectivity index (χ3n) is 8.06. The van der Waals surface area contributed by atoms with Crippen LogP contribution in [0.2, 0.25) is 0 Å². The second kappa shape index (κ2) is 11.4. The number of nitrogens with zero attached hydrogens (tertiary/aromatic N) is 2. The quantitative estimate of drug-likeness (QED) is 0.324. The van der Waals surface area contributed by atoms with Crippen molar-refractivity contribution in [1.29, 1.82) is 0 Å². The first kappa shape index (κ1) is 27.3. The molecule has 3 aliphatic heterocycles. The molecule has 1 atom stereocenters. The molecule has 9 heteroatoms. The molecule has 39 heavy (non-hydrogen) atoms. The Kier molecular flexibility index (Phi) is 8.00. The van der Waals surface area contributed by atoms with Gasteiger partial charge in [-0.3, -0.25) is 4.90 Å². The monoisotopic (exact) mass is 555 g/mol. The number of fused-ring (bicyclic) bond motifs is 3. The van der Waals surface area contributed by atoms with E-state index in [9.17, 15) is 22.0 Å². The van der Waals surface area contributed by atoms with Gasteiger partial charge in [0.25, 0.3) is 0 Å². The third-order valence-corrected chi connectivity index (χ3v) is 9.88. The molecule has 206 valence electrons. The molecule has 0 spiro atoms. The van der Waals surface area contributed by atoms with Crippen molar-refractivity contribution in [2.75, 3.05) is 36.8 Å². The molecule has 2 bridgehead atoms. The number of quaternary nitrogens is 1. The Bertz CT molecular complexity index is 1390. The van der Waals surface area contributed by atoms with Gasteiger partial charge in [0.1, 0.15) is 18.2 Å².